The predicted molar refractivity (Wildman–Crippen MR) is 78.7 cm³/mol. The summed E-state index contributed by atoms with van der Waals surface area (Å²) in [4.78, 5) is 29.4. The number of nitrogens with zero attached hydrogens (tertiary/aromatic N) is 2. The third-order valence-electron chi connectivity index (χ3n) is 5.32. The van der Waals surface area contributed by atoms with Crippen LogP contribution in [0.5, 0.6) is 0 Å². The molecule has 0 aromatic rings. The number of carbonyl (C=O) groups is 2. The van der Waals surface area contributed by atoms with Gasteiger partial charge < -0.3 is 14.5 Å². The zero-order valence-electron chi connectivity index (χ0n) is 13.1. The second-order valence-electron chi connectivity index (χ2n) is 6.86. The van der Waals surface area contributed by atoms with Gasteiger partial charge in [-0.2, -0.15) is 0 Å². The Balaban J connectivity index is 1.83. The molecule has 1 saturated carbocycles. The third kappa shape index (κ3) is 2.26. The zero-order valence-corrected chi connectivity index (χ0v) is 13.1. The van der Waals surface area contributed by atoms with E-state index in [-0.39, 0.29) is 23.9 Å². The standard InChI is InChI=1S/C16H26N2O3/c1-12(2)18-13(14(19)17-8-10-21-11-9-17)16(15(18)20)6-4-3-5-7-16/h12-13H,3-11H2,1-2H3. The molecule has 3 fully saturated rings. The molecule has 2 heterocycles. The molecule has 5 heteroatoms. The van der Waals surface area contributed by atoms with Gasteiger partial charge in [-0.3, -0.25) is 9.59 Å². The average molecular weight is 294 g/mol. The molecule has 1 unspecified atom stereocenters. The SMILES string of the molecule is CC(C)N1C(=O)C2(CCCCC2)C1C(=O)N1CCOCC1. The first-order valence-corrected chi connectivity index (χ1v) is 8.27. The van der Waals surface area contributed by atoms with Crippen molar-refractivity contribution >= 4 is 11.8 Å². The van der Waals surface area contributed by atoms with Gasteiger partial charge in [-0.15, -0.1) is 0 Å². The minimum Gasteiger partial charge on any atom is -0.378 e. The molecule has 0 aromatic carbocycles. The minimum absolute atomic E-state index is 0.0973. The average Bonchev–Trinajstić information content (AvgIpc) is 2.52. The summed E-state index contributed by atoms with van der Waals surface area (Å²) in [6.45, 7) is 6.56. The van der Waals surface area contributed by atoms with Gasteiger partial charge in [0.2, 0.25) is 11.8 Å². The van der Waals surface area contributed by atoms with Gasteiger partial charge in [0.15, 0.2) is 0 Å². The van der Waals surface area contributed by atoms with Crippen LogP contribution in [0.15, 0.2) is 0 Å². The lowest BCUT2D eigenvalue weighted by Crippen LogP contribution is -2.75. The predicted octanol–water partition coefficient (Wildman–Crippen LogP) is 1.41. The monoisotopic (exact) mass is 294 g/mol. The van der Waals surface area contributed by atoms with Crippen molar-refractivity contribution in [1.29, 1.82) is 0 Å². The summed E-state index contributed by atoms with van der Waals surface area (Å²) in [5.74, 6) is 0.359. The topological polar surface area (TPSA) is 49.9 Å². The van der Waals surface area contributed by atoms with Crippen LogP contribution in [-0.2, 0) is 14.3 Å². The fraction of sp³-hybridized carbons (Fsp3) is 0.875. The Kier molecular flexibility index (Phi) is 3.95. The van der Waals surface area contributed by atoms with Crippen LogP contribution in [0.1, 0.15) is 46.0 Å². The van der Waals surface area contributed by atoms with Crippen LogP contribution in [0.4, 0.5) is 0 Å². The van der Waals surface area contributed by atoms with E-state index in [9.17, 15) is 9.59 Å². The molecular weight excluding hydrogens is 268 g/mol. The number of hydrogen-bond donors (Lipinski definition) is 0. The Labute approximate surface area is 126 Å². The van der Waals surface area contributed by atoms with Crippen molar-refractivity contribution < 1.29 is 14.3 Å². The number of β-lactam (4-membered cyclic amide) rings is 1. The summed E-state index contributed by atoms with van der Waals surface area (Å²) in [6, 6.07) is -0.136. The first-order valence-electron chi connectivity index (χ1n) is 8.27. The molecule has 0 bridgehead atoms. The molecule has 2 amide bonds. The van der Waals surface area contributed by atoms with Crippen molar-refractivity contribution in [2.24, 2.45) is 5.41 Å². The Morgan fingerprint density at radius 1 is 1.19 bits per heavy atom. The number of carbonyl (C=O) groups excluding carboxylic acids is 2. The van der Waals surface area contributed by atoms with Crippen molar-refractivity contribution in [2.75, 3.05) is 26.3 Å². The van der Waals surface area contributed by atoms with Gasteiger partial charge in [0, 0.05) is 19.1 Å². The molecule has 3 rings (SSSR count). The van der Waals surface area contributed by atoms with Gasteiger partial charge >= 0.3 is 0 Å². The molecule has 0 N–H and O–H groups in total. The maximum atomic E-state index is 13.0. The molecule has 5 nitrogen and oxygen atoms in total. The van der Waals surface area contributed by atoms with E-state index in [1.54, 1.807) is 0 Å². The maximum Gasteiger partial charge on any atom is 0.246 e. The summed E-state index contributed by atoms with van der Waals surface area (Å²) in [7, 11) is 0. The van der Waals surface area contributed by atoms with E-state index in [1.165, 1.54) is 6.42 Å². The number of amides is 2. The fourth-order valence-electron chi connectivity index (χ4n) is 4.21. The van der Waals surface area contributed by atoms with E-state index in [0.717, 1.165) is 25.7 Å². The quantitative estimate of drug-likeness (QED) is 0.724. The third-order valence-corrected chi connectivity index (χ3v) is 5.32. The lowest BCUT2D eigenvalue weighted by Gasteiger charge is -2.59. The van der Waals surface area contributed by atoms with E-state index in [2.05, 4.69) is 0 Å². The number of ether oxygens (including phenoxy) is 1. The molecule has 1 aliphatic carbocycles. The van der Waals surface area contributed by atoms with Crippen molar-refractivity contribution in [3.8, 4) is 0 Å². The number of morpholine rings is 1. The number of hydrogen-bond acceptors (Lipinski definition) is 3. The Morgan fingerprint density at radius 3 is 2.38 bits per heavy atom. The smallest absolute Gasteiger partial charge is 0.246 e. The first-order chi connectivity index (χ1) is 10.1. The molecule has 0 aromatic heterocycles. The molecule has 0 radical (unpaired) electrons. The molecular formula is C16H26N2O3. The molecule has 2 aliphatic heterocycles. The van der Waals surface area contributed by atoms with Gasteiger partial charge in [-0.25, -0.2) is 0 Å². The van der Waals surface area contributed by atoms with Crippen molar-refractivity contribution in [2.45, 2.75) is 58.0 Å². The Morgan fingerprint density at radius 2 is 1.81 bits per heavy atom. The highest BCUT2D eigenvalue weighted by atomic mass is 16.5. The molecule has 2 saturated heterocycles. The van der Waals surface area contributed by atoms with Crippen molar-refractivity contribution in [1.82, 2.24) is 9.80 Å². The lowest BCUT2D eigenvalue weighted by molar-refractivity contribution is -0.190. The molecule has 118 valence electrons. The number of likely N-dealkylation sites (tertiary alicyclic amines) is 1. The van der Waals surface area contributed by atoms with E-state index in [0.29, 0.717) is 26.3 Å². The summed E-state index contributed by atoms with van der Waals surface area (Å²) in [5.41, 5.74) is -0.391. The summed E-state index contributed by atoms with van der Waals surface area (Å²) >= 11 is 0. The molecule has 21 heavy (non-hydrogen) atoms. The van der Waals surface area contributed by atoms with Crippen LogP contribution in [0.25, 0.3) is 0 Å². The molecule has 3 aliphatic rings. The maximum absolute atomic E-state index is 13.0. The highest BCUT2D eigenvalue weighted by molar-refractivity contribution is 6.02. The van der Waals surface area contributed by atoms with Gasteiger partial charge in [-0.1, -0.05) is 19.3 Å². The van der Waals surface area contributed by atoms with Crippen molar-refractivity contribution in [3.05, 3.63) is 0 Å². The van der Waals surface area contributed by atoms with Crippen LogP contribution in [0, 0.1) is 5.41 Å². The van der Waals surface area contributed by atoms with Gasteiger partial charge in [0.1, 0.15) is 6.04 Å². The summed E-state index contributed by atoms with van der Waals surface area (Å²) in [5, 5.41) is 0. The van der Waals surface area contributed by atoms with Crippen LogP contribution in [0.3, 0.4) is 0 Å². The van der Waals surface area contributed by atoms with E-state index < -0.39 is 5.41 Å². The van der Waals surface area contributed by atoms with Crippen LogP contribution in [-0.4, -0.2) is 60.0 Å². The van der Waals surface area contributed by atoms with Crippen LogP contribution < -0.4 is 0 Å². The first kappa shape index (κ1) is 14.8. The fourth-order valence-corrected chi connectivity index (χ4v) is 4.21. The second-order valence-corrected chi connectivity index (χ2v) is 6.86. The highest BCUT2D eigenvalue weighted by Crippen LogP contribution is 2.51. The van der Waals surface area contributed by atoms with Gasteiger partial charge in [0.25, 0.3) is 0 Å². The normalized spacial score (nSPS) is 28.9. The minimum atomic E-state index is -0.391. The van der Waals surface area contributed by atoms with E-state index in [1.807, 2.05) is 23.6 Å². The van der Waals surface area contributed by atoms with Crippen LogP contribution in [0.2, 0.25) is 0 Å². The Bertz CT molecular complexity index is 423. The van der Waals surface area contributed by atoms with Crippen LogP contribution >= 0.6 is 0 Å². The lowest BCUT2D eigenvalue weighted by atomic mass is 9.61. The molecule has 1 spiro atoms. The summed E-state index contributed by atoms with van der Waals surface area (Å²) in [6.07, 6.45) is 5.11. The van der Waals surface area contributed by atoms with Gasteiger partial charge in [-0.05, 0) is 26.7 Å². The number of rotatable bonds is 2. The largest absolute Gasteiger partial charge is 0.378 e. The van der Waals surface area contributed by atoms with E-state index >= 15 is 0 Å². The van der Waals surface area contributed by atoms with Gasteiger partial charge in [0.05, 0.1) is 18.6 Å². The molecule has 1 atom stereocenters. The van der Waals surface area contributed by atoms with Crippen molar-refractivity contribution in [3.63, 3.8) is 0 Å². The second kappa shape index (κ2) is 5.59. The Hall–Kier alpha value is -1.10. The summed E-state index contributed by atoms with van der Waals surface area (Å²) < 4.78 is 5.34. The highest BCUT2D eigenvalue weighted by Gasteiger charge is 2.64. The van der Waals surface area contributed by atoms with E-state index in [4.69, 9.17) is 4.74 Å². The zero-order chi connectivity index (χ0) is 15.0.